The van der Waals surface area contributed by atoms with Crippen molar-refractivity contribution < 1.29 is 33.8 Å². The maximum Gasteiger partial charge on any atom is 0.410 e. The van der Waals surface area contributed by atoms with Crippen LogP contribution in [0.25, 0.3) is 0 Å². The van der Waals surface area contributed by atoms with E-state index in [-0.39, 0.29) is 25.0 Å². The number of nitrogens with zero attached hydrogens (tertiary/aromatic N) is 2. The number of rotatable bonds is 8. The fraction of sp³-hybridized carbons (Fsp3) is 0.571. The summed E-state index contributed by atoms with van der Waals surface area (Å²) in [5.74, 6) is -1.77. The van der Waals surface area contributed by atoms with Gasteiger partial charge in [-0.15, -0.1) is 6.58 Å². The van der Waals surface area contributed by atoms with Crippen LogP contribution in [0.2, 0.25) is 0 Å². The third kappa shape index (κ3) is 7.05. The lowest BCUT2D eigenvalue weighted by molar-refractivity contribution is -0.150. The number of aliphatic carboxylic acids is 1. The van der Waals surface area contributed by atoms with Gasteiger partial charge in [-0.05, 0) is 23.0 Å². The van der Waals surface area contributed by atoms with Gasteiger partial charge in [0.05, 0.1) is 13.2 Å². The minimum absolute atomic E-state index is 0.0370. The molecule has 2 aliphatic rings. The summed E-state index contributed by atoms with van der Waals surface area (Å²) in [5, 5.41) is 12.5. The number of likely N-dealkylation sites (tertiary alicyclic amines) is 1. The number of carbonyl (C=O) groups excluding carboxylic acids is 3. The van der Waals surface area contributed by atoms with Gasteiger partial charge in [0.15, 0.2) is 0 Å². The average Bonchev–Trinajstić information content (AvgIpc) is 3.45. The van der Waals surface area contributed by atoms with Gasteiger partial charge in [0.2, 0.25) is 5.91 Å². The maximum atomic E-state index is 13.6. The molecule has 38 heavy (non-hydrogen) atoms. The Morgan fingerprint density at radius 3 is 2.26 bits per heavy atom. The second kappa shape index (κ2) is 11.4. The molecule has 0 bridgehead atoms. The standard InChI is InChI=1S/C28H39N3O7/c1-7-12-28(5,6)17-37-25(35)29-22(27(2,3)4)23(32)31-16-20(13-21(31)24(33)34)38-26(36)30-14-18-10-8-9-11-19(18)15-30/h7-11,20-22H,1,12-17H2,2-6H3,(H,29,35)(H,33,34)/t20-,21+,22-/m1/s1. The minimum Gasteiger partial charge on any atom is -0.480 e. The summed E-state index contributed by atoms with van der Waals surface area (Å²) in [4.78, 5) is 53.8. The van der Waals surface area contributed by atoms with Crippen molar-refractivity contribution in [3.05, 3.63) is 48.0 Å². The van der Waals surface area contributed by atoms with Gasteiger partial charge in [-0.2, -0.15) is 0 Å². The Bertz CT molecular complexity index is 1050. The molecule has 3 atom stereocenters. The van der Waals surface area contributed by atoms with E-state index in [4.69, 9.17) is 9.47 Å². The van der Waals surface area contributed by atoms with Crippen LogP contribution in [-0.2, 0) is 32.2 Å². The number of nitrogens with one attached hydrogen (secondary N) is 1. The fourth-order valence-electron chi connectivity index (χ4n) is 4.72. The number of carboxylic acids is 1. The van der Waals surface area contributed by atoms with Crippen molar-refractivity contribution in [2.75, 3.05) is 13.2 Å². The Hall–Kier alpha value is -3.56. The molecule has 2 aliphatic heterocycles. The van der Waals surface area contributed by atoms with E-state index in [1.807, 2.05) is 38.1 Å². The first-order valence-electron chi connectivity index (χ1n) is 12.8. The zero-order valence-corrected chi connectivity index (χ0v) is 22.9. The van der Waals surface area contributed by atoms with Crippen LogP contribution in [0.5, 0.6) is 0 Å². The lowest BCUT2D eigenvalue weighted by Gasteiger charge is -2.34. The van der Waals surface area contributed by atoms with Crippen molar-refractivity contribution in [2.24, 2.45) is 10.8 Å². The first-order valence-corrected chi connectivity index (χ1v) is 12.8. The monoisotopic (exact) mass is 529 g/mol. The molecule has 1 saturated heterocycles. The summed E-state index contributed by atoms with van der Waals surface area (Å²) >= 11 is 0. The van der Waals surface area contributed by atoms with E-state index in [0.29, 0.717) is 19.5 Å². The average molecular weight is 530 g/mol. The molecule has 0 aliphatic carbocycles. The van der Waals surface area contributed by atoms with E-state index in [9.17, 15) is 24.3 Å². The molecule has 3 amide bonds. The SMILES string of the molecule is C=CCC(C)(C)COC(=O)N[C@H](C(=O)N1C[C@H](OC(=O)N2Cc3ccccc3C2)C[C@H]1C(=O)O)C(C)(C)C. The third-order valence-corrected chi connectivity index (χ3v) is 6.86. The number of carboxylic acid groups (broad SMARTS) is 1. The molecule has 0 spiro atoms. The molecule has 10 heteroatoms. The first kappa shape index (κ1) is 29.0. The normalized spacial score (nSPS) is 19.9. The van der Waals surface area contributed by atoms with Crippen LogP contribution in [0.1, 0.15) is 58.6 Å². The number of benzene rings is 1. The van der Waals surface area contributed by atoms with Crippen molar-refractivity contribution in [3.8, 4) is 0 Å². The van der Waals surface area contributed by atoms with E-state index >= 15 is 0 Å². The van der Waals surface area contributed by atoms with Crippen molar-refractivity contribution >= 4 is 24.1 Å². The lowest BCUT2D eigenvalue weighted by atomic mass is 9.85. The van der Waals surface area contributed by atoms with Crippen molar-refractivity contribution in [1.29, 1.82) is 0 Å². The van der Waals surface area contributed by atoms with Crippen LogP contribution in [0, 0.1) is 10.8 Å². The predicted octanol–water partition coefficient (Wildman–Crippen LogP) is 3.94. The highest BCUT2D eigenvalue weighted by Gasteiger charge is 2.46. The van der Waals surface area contributed by atoms with Gasteiger partial charge in [-0.25, -0.2) is 14.4 Å². The fourth-order valence-corrected chi connectivity index (χ4v) is 4.72. The Morgan fingerprint density at radius 1 is 1.13 bits per heavy atom. The van der Waals surface area contributed by atoms with Gasteiger partial charge in [-0.3, -0.25) is 9.69 Å². The Morgan fingerprint density at radius 2 is 1.74 bits per heavy atom. The highest BCUT2D eigenvalue weighted by molar-refractivity contribution is 5.90. The zero-order chi connectivity index (χ0) is 28.3. The highest BCUT2D eigenvalue weighted by atomic mass is 16.6. The maximum absolute atomic E-state index is 13.6. The molecule has 1 aromatic rings. The Balaban J connectivity index is 1.66. The van der Waals surface area contributed by atoms with Crippen molar-refractivity contribution in [3.63, 3.8) is 0 Å². The molecule has 3 rings (SSSR count). The Labute approximate surface area is 223 Å². The molecule has 0 radical (unpaired) electrons. The number of allylic oxidation sites excluding steroid dienone is 1. The third-order valence-electron chi connectivity index (χ3n) is 6.86. The smallest absolute Gasteiger partial charge is 0.410 e. The van der Waals surface area contributed by atoms with Crippen LogP contribution < -0.4 is 5.32 Å². The molecule has 10 nitrogen and oxygen atoms in total. The van der Waals surface area contributed by atoms with Gasteiger partial charge >= 0.3 is 18.2 Å². The number of hydrogen-bond donors (Lipinski definition) is 2. The molecule has 0 saturated carbocycles. The van der Waals surface area contributed by atoms with E-state index in [1.165, 1.54) is 4.90 Å². The number of hydrogen-bond acceptors (Lipinski definition) is 6. The zero-order valence-electron chi connectivity index (χ0n) is 22.9. The Kier molecular flexibility index (Phi) is 8.74. The topological polar surface area (TPSA) is 125 Å². The number of ether oxygens (including phenoxy) is 2. The van der Waals surface area contributed by atoms with Crippen LogP contribution in [0.3, 0.4) is 0 Å². The second-order valence-corrected chi connectivity index (χ2v) is 11.9. The summed E-state index contributed by atoms with van der Waals surface area (Å²) in [7, 11) is 0. The lowest BCUT2D eigenvalue weighted by Crippen LogP contribution is -2.57. The van der Waals surface area contributed by atoms with Crippen molar-refractivity contribution in [2.45, 2.75) is 78.7 Å². The van der Waals surface area contributed by atoms with Crippen LogP contribution in [0.4, 0.5) is 9.59 Å². The largest absolute Gasteiger partial charge is 0.480 e. The number of alkyl carbamates (subject to hydrolysis) is 1. The van der Waals surface area contributed by atoms with E-state index < -0.39 is 47.7 Å². The summed E-state index contributed by atoms with van der Waals surface area (Å²) in [6, 6.07) is 5.47. The minimum atomic E-state index is -1.20. The molecular weight excluding hydrogens is 490 g/mol. The molecular formula is C28H39N3O7. The summed E-state index contributed by atoms with van der Waals surface area (Å²) in [6.07, 6.45) is 0.237. The van der Waals surface area contributed by atoms with E-state index in [0.717, 1.165) is 11.1 Å². The predicted molar refractivity (Wildman–Crippen MR) is 140 cm³/mol. The van der Waals surface area contributed by atoms with Crippen molar-refractivity contribution in [1.82, 2.24) is 15.1 Å². The van der Waals surface area contributed by atoms with E-state index in [1.54, 1.807) is 31.7 Å². The van der Waals surface area contributed by atoms with Crippen LogP contribution >= 0.6 is 0 Å². The molecule has 2 N–H and O–H groups in total. The van der Waals surface area contributed by atoms with Gasteiger partial charge in [0.1, 0.15) is 18.2 Å². The number of fused-ring (bicyclic) bond motifs is 1. The number of amides is 3. The van der Waals surface area contributed by atoms with Gasteiger partial charge < -0.3 is 24.8 Å². The quantitative estimate of drug-likeness (QED) is 0.489. The first-order chi connectivity index (χ1) is 17.7. The highest BCUT2D eigenvalue weighted by Crippen LogP contribution is 2.29. The molecule has 1 fully saturated rings. The van der Waals surface area contributed by atoms with E-state index in [2.05, 4.69) is 11.9 Å². The molecule has 1 aromatic carbocycles. The molecule has 0 unspecified atom stereocenters. The second-order valence-electron chi connectivity index (χ2n) is 11.9. The van der Waals surface area contributed by atoms with Gasteiger partial charge in [-0.1, -0.05) is 65.0 Å². The summed E-state index contributed by atoms with van der Waals surface area (Å²) in [5.41, 5.74) is 1.01. The molecule has 2 heterocycles. The molecule has 0 aromatic heterocycles. The van der Waals surface area contributed by atoms with Gasteiger partial charge in [0.25, 0.3) is 0 Å². The number of carbonyl (C=O) groups is 4. The molecule has 208 valence electrons. The summed E-state index contributed by atoms with van der Waals surface area (Å²) in [6.45, 7) is 13.7. The summed E-state index contributed by atoms with van der Waals surface area (Å²) < 4.78 is 11.0. The van der Waals surface area contributed by atoms with Crippen LogP contribution in [-0.4, -0.2) is 70.3 Å². The van der Waals surface area contributed by atoms with Crippen LogP contribution in [0.15, 0.2) is 36.9 Å². The van der Waals surface area contributed by atoms with Gasteiger partial charge in [0, 0.05) is 24.9 Å².